The van der Waals surface area contributed by atoms with E-state index in [1.165, 1.54) is 5.56 Å². The summed E-state index contributed by atoms with van der Waals surface area (Å²) in [7, 11) is 0. The second-order valence-electron chi connectivity index (χ2n) is 6.12. The van der Waals surface area contributed by atoms with Crippen LogP contribution in [0.4, 0.5) is 0 Å². The third-order valence-corrected chi connectivity index (χ3v) is 2.87. The van der Waals surface area contributed by atoms with Crippen molar-refractivity contribution in [3.05, 3.63) is 35.4 Å². The van der Waals surface area contributed by atoms with Gasteiger partial charge in [-0.05, 0) is 30.7 Å². The summed E-state index contributed by atoms with van der Waals surface area (Å²) in [5.74, 6) is 0.361. The van der Waals surface area contributed by atoms with E-state index in [2.05, 4.69) is 39.8 Å². The molecule has 0 heterocycles. The Morgan fingerprint density at radius 3 is 2.53 bits per heavy atom. The number of Topliss-reactive ketones (excluding diaryl/α,β-unsaturated/α-hetero) is 1. The van der Waals surface area contributed by atoms with Crippen LogP contribution in [0.2, 0.25) is 0 Å². The lowest BCUT2D eigenvalue weighted by Crippen LogP contribution is -2.08. The average molecular weight is 232 g/mol. The van der Waals surface area contributed by atoms with E-state index in [1.807, 2.05) is 12.1 Å². The smallest absolute Gasteiger partial charge is 0.137 e. The maximum Gasteiger partial charge on any atom is 0.137 e. The van der Waals surface area contributed by atoms with Crippen LogP contribution in [-0.4, -0.2) is 5.78 Å². The molecule has 0 saturated heterocycles. The van der Waals surface area contributed by atoms with Crippen molar-refractivity contribution in [2.24, 2.45) is 5.41 Å². The van der Waals surface area contributed by atoms with Crippen molar-refractivity contribution in [2.45, 2.75) is 53.4 Å². The zero-order valence-corrected chi connectivity index (χ0v) is 11.5. The van der Waals surface area contributed by atoms with Crippen LogP contribution < -0.4 is 0 Å². The third kappa shape index (κ3) is 6.25. The number of aryl methyl sites for hydroxylation is 1. The minimum absolute atomic E-state index is 0.337. The van der Waals surface area contributed by atoms with Gasteiger partial charge in [0, 0.05) is 12.8 Å². The highest BCUT2D eigenvalue weighted by Crippen LogP contribution is 2.21. The van der Waals surface area contributed by atoms with E-state index in [1.54, 1.807) is 0 Å². The second kappa shape index (κ2) is 6.00. The Bertz CT molecular complexity index is 371. The Morgan fingerprint density at radius 1 is 1.24 bits per heavy atom. The molecule has 0 aliphatic carbocycles. The fourth-order valence-electron chi connectivity index (χ4n) is 1.95. The molecular formula is C16H24O. The van der Waals surface area contributed by atoms with Crippen LogP contribution in [0.15, 0.2) is 24.3 Å². The summed E-state index contributed by atoms with van der Waals surface area (Å²) in [5.41, 5.74) is 2.71. The first-order valence-electron chi connectivity index (χ1n) is 6.44. The molecule has 0 aliphatic heterocycles. The SMILES string of the molecule is Cc1cccc(CC(=O)CCCC(C)(C)C)c1. The lowest BCUT2D eigenvalue weighted by molar-refractivity contribution is -0.118. The second-order valence-corrected chi connectivity index (χ2v) is 6.12. The molecule has 0 aromatic heterocycles. The highest BCUT2D eigenvalue weighted by molar-refractivity contribution is 5.80. The molecule has 1 heteroatoms. The van der Waals surface area contributed by atoms with Crippen LogP contribution >= 0.6 is 0 Å². The van der Waals surface area contributed by atoms with E-state index >= 15 is 0 Å². The van der Waals surface area contributed by atoms with E-state index < -0.39 is 0 Å². The van der Waals surface area contributed by atoms with Gasteiger partial charge in [0.05, 0.1) is 0 Å². The summed E-state index contributed by atoms with van der Waals surface area (Å²) in [4.78, 5) is 11.8. The predicted molar refractivity (Wildman–Crippen MR) is 73.2 cm³/mol. The van der Waals surface area contributed by atoms with Crippen molar-refractivity contribution in [2.75, 3.05) is 0 Å². The standard InChI is InChI=1S/C16H24O/c1-13-7-5-8-14(11-13)12-15(17)9-6-10-16(2,3)4/h5,7-8,11H,6,9-10,12H2,1-4H3. The van der Waals surface area contributed by atoms with Crippen molar-refractivity contribution >= 4 is 5.78 Å². The highest BCUT2D eigenvalue weighted by Gasteiger charge is 2.11. The summed E-state index contributed by atoms with van der Waals surface area (Å²) >= 11 is 0. The van der Waals surface area contributed by atoms with Crippen LogP contribution in [0.5, 0.6) is 0 Å². The fourth-order valence-corrected chi connectivity index (χ4v) is 1.95. The largest absolute Gasteiger partial charge is 0.299 e. The minimum atomic E-state index is 0.337. The number of benzene rings is 1. The Labute approximate surface area is 105 Å². The van der Waals surface area contributed by atoms with Crippen molar-refractivity contribution in [1.82, 2.24) is 0 Å². The monoisotopic (exact) mass is 232 g/mol. The number of hydrogen-bond donors (Lipinski definition) is 0. The van der Waals surface area contributed by atoms with Crippen molar-refractivity contribution < 1.29 is 4.79 Å². The van der Waals surface area contributed by atoms with E-state index in [0.29, 0.717) is 24.0 Å². The molecule has 94 valence electrons. The number of carbonyl (C=O) groups is 1. The minimum Gasteiger partial charge on any atom is -0.299 e. The zero-order valence-electron chi connectivity index (χ0n) is 11.5. The maximum absolute atomic E-state index is 11.8. The number of rotatable bonds is 5. The van der Waals surface area contributed by atoms with Gasteiger partial charge in [-0.2, -0.15) is 0 Å². The van der Waals surface area contributed by atoms with Crippen LogP contribution in [0, 0.1) is 12.3 Å². The average Bonchev–Trinajstić information content (AvgIpc) is 2.15. The van der Waals surface area contributed by atoms with Gasteiger partial charge in [-0.1, -0.05) is 50.6 Å². The highest BCUT2D eigenvalue weighted by atomic mass is 16.1. The van der Waals surface area contributed by atoms with Crippen molar-refractivity contribution in [3.8, 4) is 0 Å². The number of carbonyl (C=O) groups excluding carboxylic acids is 1. The summed E-state index contributed by atoms with van der Waals surface area (Å²) in [6.45, 7) is 8.72. The van der Waals surface area contributed by atoms with Crippen molar-refractivity contribution in [1.29, 1.82) is 0 Å². The van der Waals surface area contributed by atoms with E-state index in [0.717, 1.165) is 18.4 Å². The summed E-state index contributed by atoms with van der Waals surface area (Å²) in [5, 5.41) is 0. The Kier molecular flexibility index (Phi) is 4.92. The van der Waals surface area contributed by atoms with Crippen LogP contribution in [0.25, 0.3) is 0 Å². The Morgan fingerprint density at radius 2 is 1.94 bits per heavy atom. The number of ketones is 1. The van der Waals surface area contributed by atoms with Crippen LogP contribution in [0.1, 0.15) is 51.2 Å². The molecule has 1 nitrogen and oxygen atoms in total. The van der Waals surface area contributed by atoms with Gasteiger partial charge in [-0.15, -0.1) is 0 Å². The molecule has 0 fully saturated rings. The molecule has 1 aromatic carbocycles. The van der Waals surface area contributed by atoms with E-state index in [9.17, 15) is 4.79 Å². The van der Waals surface area contributed by atoms with Crippen LogP contribution in [-0.2, 0) is 11.2 Å². The lowest BCUT2D eigenvalue weighted by Gasteiger charge is -2.17. The normalized spacial score (nSPS) is 11.5. The fraction of sp³-hybridized carbons (Fsp3) is 0.562. The third-order valence-electron chi connectivity index (χ3n) is 2.87. The molecule has 0 unspecified atom stereocenters. The first-order chi connectivity index (χ1) is 7.87. The van der Waals surface area contributed by atoms with Gasteiger partial charge in [-0.25, -0.2) is 0 Å². The molecule has 0 radical (unpaired) electrons. The molecule has 0 N–H and O–H groups in total. The Hall–Kier alpha value is -1.11. The maximum atomic E-state index is 11.8. The molecule has 17 heavy (non-hydrogen) atoms. The summed E-state index contributed by atoms with van der Waals surface area (Å²) < 4.78 is 0. The lowest BCUT2D eigenvalue weighted by atomic mass is 9.89. The number of hydrogen-bond acceptors (Lipinski definition) is 1. The predicted octanol–water partition coefficient (Wildman–Crippen LogP) is 4.32. The van der Waals surface area contributed by atoms with E-state index in [4.69, 9.17) is 0 Å². The molecule has 0 bridgehead atoms. The molecule has 0 saturated carbocycles. The van der Waals surface area contributed by atoms with Gasteiger partial charge in [0.15, 0.2) is 0 Å². The van der Waals surface area contributed by atoms with Crippen molar-refractivity contribution in [3.63, 3.8) is 0 Å². The molecule has 0 amide bonds. The van der Waals surface area contributed by atoms with Gasteiger partial charge in [0.2, 0.25) is 0 Å². The van der Waals surface area contributed by atoms with E-state index in [-0.39, 0.29) is 0 Å². The first kappa shape index (κ1) is 14.0. The summed E-state index contributed by atoms with van der Waals surface area (Å²) in [6, 6.07) is 8.22. The molecule has 0 atom stereocenters. The Balaban J connectivity index is 2.35. The molecular weight excluding hydrogens is 208 g/mol. The molecule has 0 aliphatic rings. The topological polar surface area (TPSA) is 17.1 Å². The first-order valence-corrected chi connectivity index (χ1v) is 6.44. The molecule has 1 rings (SSSR count). The van der Waals surface area contributed by atoms with Crippen LogP contribution in [0.3, 0.4) is 0 Å². The van der Waals surface area contributed by atoms with Gasteiger partial charge in [0.25, 0.3) is 0 Å². The summed E-state index contributed by atoms with van der Waals surface area (Å²) in [6.07, 6.45) is 3.43. The molecule has 1 aromatic rings. The van der Waals surface area contributed by atoms with Gasteiger partial charge in [0.1, 0.15) is 5.78 Å². The van der Waals surface area contributed by atoms with Gasteiger partial charge >= 0.3 is 0 Å². The molecule has 0 spiro atoms. The van der Waals surface area contributed by atoms with Gasteiger partial charge < -0.3 is 0 Å². The zero-order chi connectivity index (χ0) is 12.9. The van der Waals surface area contributed by atoms with Gasteiger partial charge in [-0.3, -0.25) is 4.79 Å². The quantitative estimate of drug-likeness (QED) is 0.738.